The second-order valence-corrected chi connectivity index (χ2v) is 3.89. The lowest BCUT2D eigenvalue weighted by atomic mass is 10.2. The van der Waals surface area contributed by atoms with Gasteiger partial charge in [0.1, 0.15) is 0 Å². The quantitative estimate of drug-likeness (QED) is 0.670. The highest BCUT2D eigenvalue weighted by Crippen LogP contribution is 2.21. The third kappa shape index (κ3) is 3.25. The first-order valence-corrected chi connectivity index (χ1v) is 5.29. The van der Waals surface area contributed by atoms with Crippen LogP contribution in [-0.2, 0) is 4.74 Å². The van der Waals surface area contributed by atoms with Crippen molar-refractivity contribution < 1.29 is 4.74 Å². The highest BCUT2D eigenvalue weighted by molar-refractivity contribution is 4.84. The molecule has 1 saturated carbocycles. The van der Waals surface area contributed by atoms with Gasteiger partial charge < -0.3 is 15.8 Å². The van der Waals surface area contributed by atoms with Crippen LogP contribution in [0.5, 0.6) is 0 Å². The van der Waals surface area contributed by atoms with Crippen LogP contribution in [0.3, 0.4) is 0 Å². The fourth-order valence-electron chi connectivity index (χ4n) is 1.89. The van der Waals surface area contributed by atoms with Crippen molar-refractivity contribution in [3.05, 3.63) is 0 Å². The molecule has 1 rings (SSSR count). The molecule has 0 spiro atoms. The minimum atomic E-state index is 0.290. The number of methoxy groups -OCH3 is 1. The molecule has 3 heteroatoms. The molecule has 3 atom stereocenters. The fourth-order valence-corrected chi connectivity index (χ4v) is 1.89. The standard InChI is InChI=1S/C10H22N2O/c1-3-8(11)7-12-9-5-4-6-10(9)13-2/h8-10,12H,3-7,11H2,1-2H3. The summed E-state index contributed by atoms with van der Waals surface area (Å²) >= 11 is 0. The molecule has 0 saturated heterocycles. The van der Waals surface area contributed by atoms with Crippen LogP contribution in [0.4, 0.5) is 0 Å². The van der Waals surface area contributed by atoms with Gasteiger partial charge in [-0.1, -0.05) is 6.92 Å². The van der Waals surface area contributed by atoms with Crippen molar-refractivity contribution in [2.75, 3.05) is 13.7 Å². The summed E-state index contributed by atoms with van der Waals surface area (Å²) in [5.74, 6) is 0. The number of hydrogen-bond donors (Lipinski definition) is 2. The second-order valence-electron chi connectivity index (χ2n) is 3.89. The van der Waals surface area contributed by atoms with Crippen molar-refractivity contribution >= 4 is 0 Å². The van der Waals surface area contributed by atoms with Crippen LogP contribution in [0.1, 0.15) is 32.6 Å². The predicted octanol–water partition coefficient (Wildman–Crippen LogP) is 0.881. The van der Waals surface area contributed by atoms with Crippen LogP contribution in [0, 0.1) is 0 Å². The molecule has 3 unspecified atom stereocenters. The van der Waals surface area contributed by atoms with E-state index in [1.807, 2.05) is 0 Å². The average Bonchev–Trinajstić information content (AvgIpc) is 2.61. The molecule has 3 nitrogen and oxygen atoms in total. The molecule has 13 heavy (non-hydrogen) atoms. The zero-order valence-electron chi connectivity index (χ0n) is 8.75. The number of nitrogens with two attached hydrogens (primary N) is 1. The maximum atomic E-state index is 5.83. The second kappa shape index (κ2) is 5.58. The Balaban J connectivity index is 2.19. The van der Waals surface area contributed by atoms with E-state index in [-0.39, 0.29) is 6.04 Å². The number of rotatable bonds is 5. The van der Waals surface area contributed by atoms with Crippen molar-refractivity contribution in [1.29, 1.82) is 0 Å². The van der Waals surface area contributed by atoms with Crippen LogP contribution in [-0.4, -0.2) is 31.8 Å². The maximum absolute atomic E-state index is 5.83. The van der Waals surface area contributed by atoms with E-state index in [4.69, 9.17) is 10.5 Å². The molecule has 0 heterocycles. The lowest BCUT2D eigenvalue weighted by Crippen LogP contribution is -2.43. The number of nitrogens with one attached hydrogen (secondary N) is 1. The zero-order chi connectivity index (χ0) is 9.68. The Hall–Kier alpha value is -0.120. The first kappa shape index (κ1) is 11.0. The van der Waals surface area contributed by atoms with E-state index in [2.05, 4.69) is 12.2 Å². The van der Waals surface area contributed by atoms with Gasteiger partial charge >= 0.3 is 0 Å². The van der Waals surface area contributed by atoms with E-state index in [1.54, 1.807) is 7.11 Å². The third-order valence-corrected chi connectivity index (χ3v) is 2.92. The molecule has 0 aliphatic heterocycles. The summed E-state index contributed by atoms with van der Waals surface area (Å²) in [7, 11) is 1.80. The molecule has 1 aliphatic rings. The SMILES string of the molecule is CCC(N)CNC1CCCC1OC. The van der Waals surface area contributed by atoms with Crippen LogP contribution >= 0.6 is 0 Å². The van der Waals surface area contributed by atoms with E-state index in [0.29, 0.717) is 12.1 Å². The molecule has 1 aliphatic carbocycles. The van der Waals surface area contributed by atoms with Crippen LogP contribution < -0.4 is 11.1 Å². The highest BCUT2D eigenvalue weighted by atomic mass is 16.5. The van der Waals surface area contributed by atoms with E-state index < -0.39 is 0 Å². The molecule has 0 aromatic rings. The van der Waals surface area contributed by atoms with E-state index in [9.17, 15) is 0 Å². The molecular formula is C10H22N2O. The van der Waals surface area contributed by atoms with E-state index in [1.165, 1.54) is 19.3 Å². The average molecular weight is 186 g/mol. The molecule has 78 valence electrons. The van der Waals surface area contributed by atoms with Crippen LogP contribution in [0.2, 0.25) is 0 Å². The van der Waals surface area contributed by atoms with Crippen molar-refractivity contribution in [3.63, 3.8) is 0 Å². The summed E-state index contributed by atoms with van der Waals surface area (Å²) in [6.07, 6.45) is 5.14. The molecule has 3 N–H and O–H groups in total. The number of hydrogen-bond acceptors (Lipinski definition) is 3. The Bertz CT molecular complexity index is 141. The molecule has 0 aromatic heterocycles. The Morgan fingerprint density at radius 3 is 2.92 bits per heavy atom. The fraction of sp³-hybridized carbons (Fsp3) is 1.00. The number of ether oxygens (including phenoxy) is 1. The van der Waals surface area contributed by atoms with Crippen molar-refractivity contribution in [3.8, 4) is 0 Å². The summed E-state index contributed by atoms with van der Waals surface area (Å²) < 4.78 is 5.39. The summed E-state index contributed by atoms with van der Waals surface area (Å²) in [6.45, 7) is 3.04. The van der Waals surface area contributed by atoms with Gasteiger partial charge in [-0.2, -0.15) is 0 Å². The molecular weight excluding hydrogens is 164 g/mol. The van der Waals surface area contributed by atoms with Gasteiger partial charge in [0.2, 0.25) is 0 Å². The largest absolute Gasteiger partial charge is 0.380 e. The first-order valence-electron chi connectivity index (χ1n) is 5.29. The van der Waals surface area contributed by atoms with Gasteiger partial charge in [0, 0.05) is 25.7 Å². The van der Waals surface area contributed by atoms with E-state index in [0.717, 1.165) is 13.0 Å². The maximum Gasteiger partial charge on any atom is 0.0724 e. The van der Waals surface area contributed by atoms with E-state index >= 15 is 0 Å². The van der Waals surface area contributed by atoms with Gasteiger partial charge in [-0.15, -0.1) is 0 Å². The smallest absolute Gasteiger partial charge is 0.0724 e. The Kier molecular flexibility index (Phi) is 4.70. The summed E-state index contributed by atoms with van der Waals surface area (Å²) in [6, 6.07) is 0.820. The van der Waals surface area contributed by atoms with Gasteiger partial charge in [0.25, 0.3) is 0 Å². The minimum Gasteiger partial charge on any atom is -0.380 e. The van der Waals surface area contributed by atoms with Crippen LogP contribution in [0.15, 0.2) is 0 Å². The summed E-state index contributed by atoms with van der Waals surface area (Å²) in [5.41, 5.74) is 5.83. The lowest BCUT2D eigenvalue weighted by molar-refractivity contribution is 0.0848. The molecule has 1 fully saturated rings. The summed E-state index contributed by atoms with van der Waals surface area (Å²) in [5, 5.41) is 3.48. The van der Waals surface area contributed by atoms with Crippen molar-refractivity contribution in [1.82, 2.24) is 5.32 Å². The summed E-state index contributed by atoms with van der Waals surface area (Å²) in [4.78, 5) is 0. The van der Waals surface area contributed by atoms with Gasteiger partial charge in [0.15, 0.2) is 0 Å². The van der Waals surface area contributed by atoms with Crippen LogP contribution in [0.25, 0.3) is 0 Å². The zero-order valence-corrected chi connectivity index (χ0v) is 8.75. The van der Waals surface area contributed by atoms with Gasteiger partial charge in [-0.05, 0) is 25.7 Å². The minimum absolute atomic E-state index is 0.290. The lowest BCUT2D eigenvalue weighted by Gasteiger charge is -2.21. The van der Waals surface area contributed by atoms with Crippen molar-refractivity contribution in [2.24, 2.45) is 5.73 Å². The molecule has 0 amide bonds. The highest BCUT2D eigenvalue weighted by Gasteiger charge is 2.26. The Morgan fingerprint density at radius 1 is 1.54 bits per heavy atom. The monoisotopic (exact) mass is 186 g/mol. The topological polar surface area (TPSA) is 47.3 Å². The Morgan fingerprint density at radius 2 is 2.31 bits per heavy atom. The molecule has 0 radical (unpaired) electrons. The van der Waals surface area contributed by atoms with Gasteiger partial charge in [-0.3, -0.25) is 0 Å². The first-order chi connectivity index (χ1) is 6.27. The molecule has 0 bridgehead atoms. The normalized spacial score (nSPS) is 30.7. The van der Waals surface area contributed by atoms with Gasteiger partial charge in [0.05, 0.1) is 6.10 Å². The Labute approximate surface area is 81.0 Å². The predicted molar refractivity (Wildman–Crippen MR) is 54.7 cm³/mol. The van der Waals surface area contributed by atoms with Gasteiger partial charge in [-0.25, -0.2) is 0 Å². The third-order valence-electron chi connectivity index (χ3n) is 2.92. The van der Waals surface area contributed by atoms with Crippen molar-refractivity contribution in [2.45, 2.75) is 50.8 Å². The molecule has 0 aromatic carbocycles.